The molecule has 0 bridgehead atoms. The molecule has 1 aliphatic heterocycles. The van der Waals surface area contributed by atoms with Gasteiger partial charge in [0.1, 0.15) is 0 Å². The summed E-state index contributed by atoms with van der Waals surface area (Å²) in [6.45, 7) is 6.67. The number of hydrogen-bond acceptors (Lipinski definition) is 2. The highest BCUT2D eigenvalue weighted by atomic mass is 16.2. The minimum absolute atomic E-state index is 0.0648. The van der Waals surface area contributed by atoms with E-state index in [0.717, 1.165) is 18.6 Å². The second kappa shape index (κ2) is 3.70. The average Bonchev–Trinajstić information content (AvgIpc) is 2.32. The van der Waals surface area contributed by atoms with Gasteiger partial charge in [-0.05, 0) is 20.3 Å². The molecule has 1 atom stereocenters. The first-order valence-corrected chi connectivity index (χ1v) is 4.57. The topological polar surface area (TPSA) is 32.7 Å². The molecule has 0 spiro atoms. The van der Waals surface area contributed by atoms with Crippen LogP contribution in [0.15, 0.2) is 5.10 Å². The van der Waals surface area contributed by atoms with Crippen molar-refractivity contribution in [3.63, 3.8) is 0 Å². The van der Waals surface area contributed by atoms with E-state index in [1.807, 2.05) is 13.8 Å². The van der Waals surface area contributed by atoms with E-state index < -0.39 is 0 Å². The Morgan fingerprint density at radius 1 is 1.50 bits per heavy atom. The Labute approximate surface area is 73.4 Å². The molecule has 0 aromatic heterocycles. The molecule has 1 heterocycles. The van der Waals surface area contributed by atoms with Crippen molar-refractivity contribution in [2.75, 3.05) is 6.54 Å². The molecule has 12 heavy (non-hydrogen) atoms. The Kier molecular flexibility index (Phi) is 2.84. The molecule has 0 N–H and O–H groups in total. The van der Waals surface area contributed by atoms with Gasteiger partial charge in [0.25, 0.3) is 5.91 Å². The summed E-state index contributed by atoms with van der Waals surface area (Å²) in [5.41, 5.74) is 0.976. The summed E-state index contributed by atoms with van der Waals surface area (Å²) < 4.78 is 0. The third-order valence-electron chi connectivity index (χ3n) is 2.21. The van der Waals surface area contributed by atoms with Crippen LogP contribution in [0.2, 0.25) is 0 Å². The normalized spacial score (nSPS) is 23.2. The molecule has 1 unspecified atom stereocenters. The van der Waals surface area contributed by atoms with Crippen LogP contribution in [-0.4, -0.2) is 23.2 Å². The number of nitrogens with zero attached hydrogens (tertiary/aromatic N) is 2. The lowest BCUT2D eigenvalue weighted by molar-refractivity contribution is -0.131. The fraction of sp³-hybridized carbons (Fsp3) is 0.778. The first kappa shape index (κ1) is 9.23. The highest BCUT2D eigenvalue weighted by Gasteiger charge is 2.31. The van der Waals surface area contributed by atoms with Crippen LogP contribution in [0.4, 0.5) is 0 Å². The third kappa shape index (κ3) is 1.49. The van der Waals surface area contributed by atoms with Gasteiger partial charge < -0.3 is 0 Å². The highest BCUT2D eigenvalue weighted by molar-refractivity contribution is 6.06. The molecule has 3 heteroatoms. The van der Waals surface area contributed by atoms with Crippen molar-refractivity contribution in [1.82, 2.24) is 5.01 Å². The standard InChI is InChI=1S/C9H16N2O/c1-4-6-8-7(3)10-11(5-2)9(8)12/h8H,4-6H2,1-3H3. The summed E-state index contributed by atoms with van der Waals surface area (Å²) in [5, 5.41) is 5.75. The van der Waals surface area contributed by atoms with Crippen LogP contribution in [0.25, 0.3) is 0 Å². The van der Waals surface area contributed by atoms with E-state index in [2.05, 4.69) is 12.0 Å². The number of hydrazone groups is 1. The fourth-order valence-corrected chi connectivity index (χ4v) is 1.52. The highest BCUT2D eigenvalue weighted by Crippen LogP contribution is 2.19. The van der Waals surface area contributed by atoms with Crippen LogP contribution >= 0.6 is 0 Å². The summed E-state index contributed by atoms with van der Waals surface area (Å²) in [5.74, 6) is 0.242. The Morgan fingerprint density at radius 3 is 2.58 bits per heavy atom. The van der Waals surface area contributed by atoms with Crippen molar-refractivity contribution in [2.45, 2.75) is 33.6 Å². The number of rotatable bonds is 3. The van der Waals surface area contributed by atoms with E-state index in [9.17, 15) is 4.79 Å². The SMILES string of the molecule is CCCC1C(=O)N(CC)N=C1C. The Bertz CT molecular complexity index is 211. The molecule has 1 rings (SSSR count). The van der Waals surface area contributed by atoms with Crippen LogP contribution in [0.1, 0.15) is 33.6 Å². The summed E-state index contributed by atoms with van der Waals surface area (Å²) in [6, 6.07) is 0. The molecular formula is C9H16N2O. The largest absolute Gasteiger partial charge is 0.272 e. The van der Waals surface area contributed by atoms with Crippen molar-refractivity contribution in [3.05, 3.63) is 0 Å². The lowest BCUT2D eigenvalue weighted by Crippen LogP contribution is -2.26. The van der Waals surface area contributed by atoms with Gasteiger partial charge >= 0.3 is 0 Å². The third-order valence-corrected chi connectivity index (χ3v) is 2.21. The molecule has 0 saturated carbocycles. The van der Waals surface area contributed by atoms with Crippen LogP contribution in [0, 0.1) is 5.92 Å². The molecule has 3 nitrogen and oxygen atoms in total. The van der Waals surface area contributed by atoms with E-state index >= 15 is 0 Å². The zero-order valence-electron chi connectivity index (χ0n) is 8.00. The van der Waals surface area contributed by atoms with E-state index in [0.29, 0.717) is 6.54 Å². The Morgan fingerprint density at radius 2 is 2.17 bits per heavy atom. The molecule has 0 aromatic rings. The molecule has 0 fully saturated rings. The predicted molar refractivity (Wildman–Crippen MR) is 48.9 cm³/mol. The average molecular weight is 168 g/mol. The molecule has 0 aromatic carbocycles. The number of carbonyl (C=O) groups excluding carboxylic acids is 1. The first-order chi connectivity index (χ1) is 5.70. The maximum Gasteiger partial charge on any atom is 0.251 e. The quantitative estimate of drug-likeness (QED) is 0.630. The van der Waals surface area contributed by atoms with Crippen molar-refractivity contribution in [1.29, 1.82) is 0 Å². The van der Waals surface area contributed by atoms with Gasteiger partial charge in [-0.1, -0.05) is 13.3 Å². The minimum atomic E-state index is 0.0648. The summed E-state index contributed by atoms with van der Waals surface area (Å²) >= 11 is 0. The van der Waals surface area contributed by atoms with Crippen molar-refractivity contribution >= 4 is 11.6 Å². The monoisotopic (exact) mass is 168 g/mol. The van der Waals surface area contributed by atoms with Gasteiger partial charge in [-0.2, -0.15) is 5.10 Å². The van der Waals surface area contributed by atoms with Crippen LogP contribution in [-0.2, 0) is 4.79 Å². The molecular weight excluding hydrogens is 152 g/mol. The van der Waals surface area contributed by atoms with Gasteiger partial charge in [0.2, 0.25) is 0 Å². The van der Waals surface area contributed by atoms with Crippen LogP contribution in [0.5, 0.6) is 0 Å². The fourth-order valence-electron chi connectivity index (χ4n) is 1.52. The molecule has 0 saturated heterocycles. The summed E-state index contributed by atoms with van der Waals surface area (Å²) in [7, 11) is 0. The van der Waals surface area contributed by atoms with Gasteiger partial charge in [-0.25, -0.2) is 5.01 Å². The minimum Gasteiger partial charge on any atom is -0.272 e. The second-order valence-electron chi connectivity index (χ2n) is 3.14. The van der Waals surface area contributed by atoms with E-state index in [1.54, 1.807) is 5.01 Å². The number of carbonyl (C=O) groups is 1. The molecule has 1 aliphatic rings. The lowest BCUT2D eigenvalue weighted by Gasteiger charge is -2.10. The van der Waals surface area contributed by atoms with Gasteiger partial charge in [0.05, 0.1) is 5.92 Å². The van der Waals surface area contributed by atoms with Crippen LogP contribution in [0.3, 0.4) is 0 Å². The van der Waals surface area contributed by atoms with Crippen molar-refractivity contribution in [3.8, 4) is 0 Å². The predicted octanol–water partition coefficient (Wildman–Crippen LogP) is 1.64. The maximum atomic E-state index is 11.5. The summed E-state index contributed by atoms with van der Waals surface area (Å²) in [6.07, 6.45) is 1.98. The van der Waals surface area contributed by atoms with Gasteiger partial charge in [0, 0.05) is 12.3 Å². The molecule has 68 valence electrons. The van der Waals surface area contributed by atoms with E-state index in [-0.39, 0.29) is 11.8 Å². The van der Waals surface area contributed by atoms with Crippen molar-refractivity contribution in [2.24, 2.45) is 11.0 Å². The molecule has 0 radical (unpaired) electrons. The van der Waals surface area contributed by atoms with Gasteiger partial charge in [-0.15, -0.1) is 0 Å². The lowest BCUT2D eigenvalue weighted by atomic mass is 9.99. The molecule has 0 aliphatic carbocycles. The van der Waals surface area contributed by atoms with Crippen LogP contribution < -0.4 is 0 Å². The maximum absolute atomic E-state index is 11.5. The molecule has 1 amide bonds. The number of amides is 1. The van der Waals surface area contributed by atoms with Crippen molar-refractivity contribution < 1.29 is 4.79 Å². The smallest absolute Gasteiger partial charge is 0.251 e. The van der Waals surface area contributed by atoms with Gasteiger partial charge in [-0.3, -0.25) is 4.79 Å². The zero-order chi connectivity index (χ0) is 9.14. The van der Waals surface area contributed by atoms with E-state index in [1.165, 1.54) is 0 Å². The summed E-state index contributed by atoms with van der Waals surface area (Å²) in [4.78, 5) is 11.5. The Balaban J connectivity index is 2.67. The second-order valence-corrected chi connectivity index (χ2v) is 3.14. The van der Waals surface area contributed by atoms with Gasteiger partial charge in [0.15, 0.2) is 0 Å². The Hall–Kier alpha value is -0.860. The first-order valence-electron chi connectivity index (χ1n) is 4.57. The van der Waals surface area contributed by atoms with E-state index in [4.69, 9.17) is 0 Å². The zero-order valence-corrected chi connectivity index (χ0v) is 8.00. The number of hydrogen-bond donors (Lipinski definition) is 0.